The largest absolute Gasteiger partial charge is 0.326 e. The normalized spacial score (nSPS) is 10.6. The average Bonchev–Trinajstić information content (AvgIpc) is 2.32. The van der Waals surface area contributed by atoms with Crippen molar-refractivity contribution >= 4 is 11.6 Å². The van der Waals surface area contributed by atoms with Crippen LogP contribution in [0.1, 0.15) is 11.1 Å². The van der Waals surface area contributed by atoms with Gasteiger partial charge in [0.1, 0.15) is 5.82 Å². The van der Waals surface area contributed by atoms with Gasteiger partial charge in [0, 0.05) is 17.1 Å². The van der Waals surface area contributed by atoms with Crippen LogP contribution < -0.4 is 5.73 Å². The highest BCUT2D eigenvalue weighted by atomic mass is 35.5. The van der Waals surface area contributed by atoms with Crippen LogP contribution in [0.25, 0.3) is 11.1 Å². The molecule has 0 aromatic heterocycles. The minimum absolute atomic E-state index is 0.221. The average molecular weight is 250 g/mol. The molecule has 0 heterocycles. The third-order valence-corrected chi connectivity index (χ3v) is 3.06. The van der Waals surface area contributed by atoms with E-state index in [9.17, 15) is 4.39 Å². The van der Waals surface area contributed by atoms with E-state index < -0.39 is 0 Å². The molecule has 2 rings (SSSR count). The lowest BCUT2D eigenvalue weighted by atomic mass is 10.0. The second-order valence-electron chi connectivity index (χ2n) is 3.98. The molecule has 0 radical (unpaired) electrons. The van der Waals surface area contributed by atoms with Crippen LogP contribution in [0.4, 0.5) is 4.39 Å². The van der Waals surface area contributed by atoms with Gasteiger partial charge < -0.3 is 5.73 Å². The molecule has 88 valence electrons. The van der Waals surface area contributed by atoms with E-state index in [-0.39, 0.29) is 5.82 Å². The smallest absolute Gasteiger partial charge is 0.126 e. The van der Waals surface area contributed by atoms with Gasteiger partial charge in [-0.05, 0) is 35.7 Å². The van der Waals surface area contributed by atoms with Gasteiger partial charge in [-0.1, -0.05) is 35.9 Å². The van der Waals surface area contributed by atoms with E-state index in [0.717, 1.165) is 16.7 Å². The molecule has 0 aliphatic carbocycles. The summed E-state index contributed by atoms with van der Waals surface area (Å²) in [6.45, 7) is 2.18. The fourth-order valence-electron chi connectivity index (χ4n) is 1.68. The molecule has 2 N–H and O–H groups in total. The summed E-state index contributed by atoms with van der Waals surface area (Å²) in [4.78, 5) is 0. The molecule has 17 heavy (non-hydrogen) atoms. The first-order valence-electron chi connectivity index (χ1n) is 5.37. The summed E-state index contributed by atoms with van der Waals surface area (Å²) in [5.41, 5.74) is 8.73. The number of rotatable bonds is 2. The molecule has 0 fully saturated rings. The van der Waals surface area contributed by atoms with E-state index in [2.05, 4.69) is 0 Å². The minimum Gasteiger partial charge on any atom is -0.326 e. The summed E-state index contributed by atoms with van der Waals surface area (Å²) in [5.74, 6) is -0.221. The standard InChI is InChI=1S/C14H13ClFN/c1-9-2-4-11(7-14(9)16)12-5-3-10(8-17)6-13(12)15/h2-7H,8,17H2,1H3. The SMILES string of the molecule is Cc1ccc(-c2ccc(CN)cc2Cl)cc1F. The van der Waals surface area contributed by atoms with Gasteiger partial charge in [0.15, 0.2) is 0 Å². The number of halogens is 2. The maximum Gasteiger partial charge on any atom is 0.126 e. The highest BCUT2D eigenvalue weighted by Crippen LogP contribution is 2.29. The number of hydrogen-bond acceptors (Lipinski definition) is 1. The van der Waals surface area contributed by atoms with E-state index >= 15 is 0 Å². The molecule has 0 spiro atoms. The molecule has 1 nitrogen and oxygen atoms in total. The molecule has 0 bridgehead atoms. The molecule has 0 atom stereocenters. The van der Waals surface area contributed by atoms with Crippen molar-refractivity contribution in [2.24, 2.45) is 5.73 Å². The molecule has 3 heteroatoms. The Morgan fingerprint density at radius 3 is 2.53 bits per heavy atom. The Balaban J connectivity index is 2.49. The van der Waals surface area contributed by atoms with Crippen molar-refractivity contribution in [1.29, 1.82) is 0 Å². The maximum absolute atomic E-state index is 13.5. The fraction of sp³-hybridized carbons (Fsp3) is 0.143. The third-order valence-electron chi connectivity index (χ3n) is 2.75. The lowest BCUT2D eigenvalue weighted by Crippen LogP contribution is -1.96. The Morgan fingerprint density at radius 2 is 1.94 bits per heavy atom. The Labute approximate surface area is 105 Å². The van der Waals surface area contributed by atoms with Crippen molar-refractivity contribution in [3.8, 4) is 11.1 Å². The van der Waals surface area contributed by atoms with Crippen LogP contribution in [0, 0.1) is 12.7 Å². The van der Waals surface area contributed by atoms with Gasteiger partial charge in [-0.2, -0.15) is 0 Å². The van der Waals surface area contributed by atoms with E-state index in [1.165, 1.54) is 6.07 Å². The monoisotopic (exact) mass is 249 g/mol. The van der Waals surface area contributed by atoms with Crippen molar-refractivity contribution in [1.82, 2.24) is 0 Å². The quantitative estimate of drug-likeness (QED) is 0.858. The van der Waals surface area contributed by atoms with Crippen LogP contribution in [0.2, 0.25) is 5.02 Å². The summed E-state index contributed by atoms with van der Waals surface area (Å²) >= 11 is 6.16. The topological polar surface area (TPSA) is 26.0 Å². The van der Waals surface area contributed by atoms with Crippen molar-refractivity contribution in [2.45, 2.75) is 13.5 Å². The first-order chi connectivity index (χ1) is 8.11. The molecule has 0 aliphatic heterocycles. The lowest BCUT2D eigenvalue weighted by molar-refractivity contribution is 0.619. The second-order valence-corrected chi connectivity index (χ2v) is 4.39. The lowest BCUT2D eigenvalue weighted by Gasteiger charge is -2.07. The molecule has 0 aliphatic rings. The number of nitrogens with two attached hydrogens (primary N) is 1. The van der Waals surface area contributed by atoms with Crippen LogP contribution in [0.15, 0.2) is 36.4 Å². The minimum atomic E-state index is -0.221. The van der Waals surface area contributed by atoms with Crippen LogP contribution in [0.3, 0.4) is 0 Å². The van der Waals surface area contributed by atoms with Gasteiger partial charge in [-0.25, -0.2) is 4.39 Å². The predicted octanol–water partition coefficient (Wildman–Crippen LogP) is 3.91. The van der Waals surface area contributed by atoms with E-state index in [0.29, 0.717) is 17.1 Å². The molecule has 0 saturated carbocycles. The van der Waals surface area contributed by atoms with Crippen LogP contribution >= 0.6 is 11.6 Å². The highest BCUT2D eigenvalue weighted by Gasteiger charge is 2.06. The van der Waals surface area contributed by atoms with Crippen LogP contribution in [-0.4, -0.2) is 0 Å². The van der Waals surface area contributed by atoms with Crippen LogP contribution in [0.5, 0.6) is 0 Å². The molecule has 2 aromatic carbocycles. The van der Waals surface area contributed by atoms with Crippen molar-refractivity contribution in [2.75, 3.05) is 0 Å². The molecular weight excluding hydrogens is 237 g/mol. The van der Waals surface area contributed by atoms with E-state index in [1.807, 2.05) is 24.3 Å². The van der Waals surface area contributed by atoms with Gasteiger partial charge in [0.05, 0.1) is 0 Å². The summed E-state index contributed by atoms with van der Waals surface area (Å²) in [6, 6.07) is 10.7. The zero-order chi connectivity index (χ0) is 12.4. The number of benzene rings is 2. The zero-order valence-corrected chi connectivity index (χ0v) is 10.3. The van der Waals surface area contributed by atoms with Crippen molar-refractivity contribution in [3.05, 3.63) is 58.4 Å². The first-order valence-corrected chi connectivity index (χ1v) is 5.74. The summed E-state index contributed by atoms with van der Waals surface area (Å²) in [5, 5.41) is 0.594. The van der Waals surface area contributed by atoms with Gasteiger partial charge in [-0.3, -0.25) is 0 Å². The number of hydrogen-bond donors (Lipinski definition) is 1. The summed E-state index contributed by atoms with van der Waals surface area (Å²) < 4.78 is 13.5. The Bertz CT molecular complexity index is 552. The van der Waals surface area contributed by atoms with Crippen molar-refractivity contribution < 1.29 is 4.39 Å². The third kappa shape index (κ3) is 2.48. The van der Waals surface area contributed by atoms with Crippen molar-refractivity contribution in [3.63, 3.8) is 0 Å². The molecular formula is C14H13ClFN. The summed E-state index contributed by atoms with van der Waals surface area (Å²) in [6.07, 6.45) is 0. The maximum atomic E-state index is 13.5. The Hall–Kier alpha value is -1.38. The van der Waals surface area contributed by atoms with Gasteiger partial charge in [0.2, 0.25) is 0 Å². The zero-order valence-electron chi connectivity index (χ0n) is 9.50. The van der Waals surface area contributed by atoms with Gasteiger partial charge in [-0.15, -0.1) is 0 Å². The number of aryl methyl sites for hydroxylation is 1. The van der Waals surface area contributed by atoms with E-state index in [4.69, 9.17) is 17.3 Å². The summed E-state index contributed by atoms with van der Waals surface area (Å²) in [7, 11) is 0. The molecule has 0 unspecified atom stereocenters. The van der Waals surface area contributed by atoms with Gasteiger partial charge >= 0.3 is 0 Å². The molecule has 0 saturated heterocycles. The second kappa shape index (κ2) is 4.86. The fourth-order valence-corrected chi connectivity index (χ4v) is 1.99. The first kappa shape index (κ1) is 12.1. The van der Waals surface area contributed by atoms with E-state index in [1.54, 1.807) is 13.0 Å². The molecule has 0 amide bonds. The predicted molar refractivity (Wildman–Crippen MR) is 69.5 cm³/mol. The van der Waals surface area contributed by atoms with Crippen LogP contribution in [-0.2, 0) is 6.54 Å². The Kier molecular flexibility index (Phi) is 3.46. The molecule has 2 aromatic rings. The van der Waals surface area contributed by atoms with Gasteiger partial charge in [0.25, 0.3) is 0 Å². The highest BCUT2D eigenvalue weighted by molar-refractivity contribution is 6.33. The Morgan fingerprint density at radius 1 is 1.18 bits per heavy atom.